The molecule has 0 aromatic heterocycles. The normalized spacial score (nSPS) is 11.6. The SMILES string of the molecule is Cc1cc(O)cc(OCCCOCC(F)(F)F)c1. The monoisotopic (exact) mass is 264 g/mol. The molecule has 0 saturated heterocycles. The number of halogens is 3. The Bertz CT molecular complexity index is 357. The van der Waals surface area contributed by atoms with Crippen LogP contribution in [0.4, 0.5) is 13.2 Å². The van der Waals surface area contributed by atoms with Gasteiger partial charge in [0.15, 0.2) is 0 Å². The van der Waals surface area contributed by atoms with Gasteiger partial charge >= 0.3 is 6.18 Å². The van der Waals surface area contributed by atoms with E-state index in [-0.39, 0.29) is 19.0 Å². The summed E-state index contributed by atoms with van der Waals surface area (Å²) in [4.78, 5) is 0. The summed E-state index contributed by atoms with van der Waals surface area (Å²) in [6, 6.07) is 4.76. The van der Waals surface area contributed by atoms with Crippen LogP contribution in [-0.4, -0.2) is 31.1 Å². The predicted octanol–water partition coefficient (Wildman–Crippen LogP) is 3.05. The number of ether oxygens (including phenoxy) is 2. The van der Waals surface area contributed by atoms with Gasteiger partial charge in [0.2, 0.25) is 0 Å². The fourth-order valence-electron chi connectivity index (χ4n) is 1.35. The molecule has 3 nitrogen and oxygen atoms in total. The van der Waals surface area contributed by atoms with Crippen LogP contribution in [0.1, 0.15) is 12.0 Å². The smallest absolute Gasteiger partial charge is 0.411 e. The standard InChI is InChI=1S/C12H15F3O3/c1-9-5-10(16)7-11(6-9)18-4-2-3-17-8-12(13,14)15/h5-7,16H,2-4,8H2,1H3. The molecule has 0 atom stereocenters. The summed E-state index contributed by atoms with van der Waals surface area (Å²) < 4.78 is 44.9. The molecule has 0 heterocycles. The van der Waals surface area contributed by atoms with Gasteiger partial charge in [-0.2, -0.15) is 13.2 Å². The Hall–Kier alpha value is -1.43. The summed E-state index contributed by atoms with van der Waals surface area (Å²) in [7, 11) is 0. The lowest BCUT2D eigenvalue weighted by Crippen LogP contribution is -2.18. The summed E-state index contributed by atoms with van der Waals surface area (Å²) in [5.41, 5.74) is 0.846. The van der Waals surface area contributed by atoms with E-state index >= 15 is 0 Å². The maximum Gasteiger partial charge on any atom is 0.411 e. The number of hydrogen-bond acceptors (Lipinski definition) is 3. The molecular formula is C12H15F3O3. The lowest BCUT2D eigenvalue weighted by atomic mass is 10.2. The van der Waals surface area contributed by atoms with Crippen LogP contribution in [0.5, 0.6) is 11.5 Å². The van der Waals surface area contributed by atoms with Crippen LogP contribution in [0, 0.1) is 6.92 Å². The number of alkyl halides is 3. The Kier molecular flexibility index (Phi) is 5.27. The van der Waals surface area contributed by atoms with Gasteiger partial charge < -0.3 is 14.6 Å². The fraction of sp³-hybridized carbons (Fsp3) is 0.500. The Morgan fingerprint density at radius 1 is 1.17 bits per heavy atom. The van der Waals surface area contributed by atoms with Crippen molar-refractivity contribution in [3.63, 3.8) is 0 Å². The van der Waals surface area contributed by atoms with E-state index in [1.54, 1.807) is 19.1 Å². The van der Waals surface area contributed by atoms with Crippen LogP contribution in [0.2, 0.25) is 0 Å². The van der Waals surface area contributed by atoms with Crippen molar-refractivity contribution in [2.24, 2.45) is 0 Å². The zero-order chi connectivity index (χ0) is 13.6. The number of aromatic hydroxyl groups is 1. The third kappa shape index (κ3) is 6.34. The quantitative estimate of drug-likeness (QED) is 0.802. The second-order valence-electron chi connectivity index (χ2n) is 3.87. The van der Waals surface area contributed by atoms with Crippen molar-refractivity contribution in [3.05, 3.63) is 23.8 Å². The molecule has 0 spiro atoms. The maximum absolute atomic E-state index is 11.7. The van der Waals surface area contributed by atoms with Crippen molar-refractivity contribution in [1.29, 1.82) is 0 Å². The van der Waals surface area contributed by atoms with Gasteiger partial charge in [0.25, 0.3) is 0 Å². The Balaban J connectivity index is 2.18. The van der Waals surface area contributed by atoms with E-state index in [0.717, 1.165) is 5.56 Å². The third-order valence-corrected chi connectivity index (χ3v) is 2.00. The van der Waals surface area contributed by atoms with Gasteiger partial charge in [0, 0.05) is 12.5 Å². The van der Waals surface area contributed by atoms with Crippen molar-refractivity contribution in [1.82, 2.24) is 0 Å². The van der Waals surface area contributed by atoms with Crippen LogP contribution in [0.3, 0.4) is 0 Å². The van der Waals surface area contributed by atoms with Crippen LogP contribution >= 0.6 is 0 Å². The molecule has 0 amide bonds. The first-order valence-electron chi connectivity index (χ1n) is 5.45. The number of aryl methyl sites for hydroxylation is 1. The summed E-state index contributed by atoms with van der Waals surface area (Å²) in [6.45, 7) is 0.787. The van der Waals surface area contributed by atoms with Gasteiger partial charge in [-0.05, 0) is 24.6 Å². The molecule has 0 unspecified atom stereocenters. The van der Waals surface area contributed by atoms with Gasteiger partial charge in [-0.15, -0.1) is 0 Å². The predicted molar refractivity (Wildman–Crippen MR) is 59.8 cm³/mol. The summed E-state index contributed by atoms with van der Waals surface area (Å²) in [5, 5.41) is 9.29. The molecule has 1 N–H and O–H groups in total. The largest absolute Gasteiger partial charge is 0.508 e. The van der Waals surface area contributed by atoms with Gasteiger partial charge in [-0.3, -0.25) is 0 Å². The first kappa shape index (κ1) is 14.6. The van der Waals surface area contributed by atoms with Gasteiger partial charge in [-0.25, -0.2) is 0 Å². The second kappa shape index (κ2) is 6.49. The molecule has 0 fully saturated rings. The van der Waals surface area contributed by atoms with Gasteiger partial charge in [0.1, 0.15) is 18.1 Å². The second-order valence-corrected chi connectivity index (χ2v) is 3.87. The van der Waals surface area contributed by atoms with Gasteiger partial charge in [0.05, 0.1) is 13.2 Å². The highest BCUT2D eigenvalue weighted by atomic mass is 19.4. The molecule has 0 saturated carbocycles. The number of hydrogen-bond donors (Lipinski definition) is 1. The average molecular weight is 264 g/mol. The summed E-state index contributed by atoms with van der Waals surface area (Å²) >= 11 is 0. The lowest BCUT2D eigenvalue weighted by molar-refractivity contribution is -0.174. The number of benzene rings is 1. The molecule has 0 bridgehead atoms. The molecule has 0 radical (unpaired) electrons. The highest BCUT2D eigenvalue weighted by molar-refractivity contribution is 5.36. The lowest BCUT2D eigenvalue weighted by Gasteiger charge is -2.09. The Labute approximate surface area is 103 Å². The van der Waals surface area contributed by atoms with Crippen molar-refractivity contribution in [3.8, 4) is 11.5 Å². The highest BCUT2D eigenvalue weighted by Crippen LogP contribution is 2.21. The van der Waals surface area contributed by atoms with E-state index in [2.05, 4.69) is 4.74 Å². The van der Waals surface area contributed by atoms with E-state index in [1.165, 1.54) is 6.07 Å². The minimum absolute atomic E-state index is 0.0166. The fourth-order valence-corrected chi connectivity index (χ4v) is 1.35. The van der Waals surface area contributed by atoms with Crippen LogP contribution in [0.25, 0.3) is 0 Å². The Morgan fingerprint density at radius 3 is 2.50 bits per heavy atom. The molecule has 0 aliphatic rings. The first-order chi connectivity index (χ1) is 8.37. The number of phenolic OH excluding ortho intramolecular Hbond substituents is 1. The van der Waals surface area contributed by atoms with Gasteiger partial charge in [-0.1, -0.05) is 0 Å². The van der Waals surface area contributed by atoms with E-state index in [9.17, 15) is 18.3 Å². The zero-order valence-electron chi connectivity index (χ0n) is 9.96. The topological polar surface area (TPSA) is 38.7 Å². The van der Waals surface area contributed by atoms with Crippen molar-refractivity contribution in [2.75, 3.05) is 19.8 Å². The van der Waals surface area contributed by atoms with Crippen LogP contribution in [0.15, 0.2) is 18.2 Å². The molecule has 1 rings (SSSR count). The molecule has 6 heteroatoms. The molecule has 0 aliphatic carbocycles. The van der Waals surface area contributed by atoms with Crippen molar-refractivity contribution >= 4 is 0 Å². The van der Waals surface area contributed by atoms with Crippen LogP contribution < -0.4 is 4.74 Å². The van der Waals surface area contributed by atoms with Crippen molar-refractivity contribution < 1.29 is 27.8 Å². The molecule has 0 aliphatic heterocycles. The number of rotatable bonds is 6. The van der Waals surface area contributed by atoms with E-state index in [0.29, 0.717) is 12.2 Å². The number of phenols is 1. The zero-order valence-corrected chi connectivity index (χ0v) is 9.96. The third-order valence-electron chi connectivity index (χ3n) is 2.00. The van der Waals surface area contributed by atoms with E-state index in [1.807, 2.05) is 0 Å². The molecule has 102 valence electrons. The Morgan fingerprint density at radius 2 is 1.89 bits per heavy atom. The summed E-state index contributed by atoms with van der Waals surface area (Å²) in [5.74, 6) is 0.585. The van der Waals surface area contributed by atoms with Crippen molar-refractivity contribution in [2.45, 2.75) is 19.5 Å². The molecule has 1 aromatic carbocycles. The van der Waals surface area contributed by atoms with E-state index < -0.39 is 12.8 Å². The van der Waals surface area contributed by atoms with E-state index in [4.69, 9.17) is 4.74 Å². The minimum atomic E-state index is -4.29. The average Bonchev–Trinajstić information content (AvgIpc) is 2.20. The molecule has 18 heavy (non-hydrogen) atoms. The highest BCUT2D eigenvalue weighted by Gasteiger charge is 2.27. The minimum Gasteiger partial charge on any atom is -0.508 e. The first-order valence-corrected chi connectivity index (χ1v) is 5.45. The summed E-state index contributed by atoms with van der Waals surface area (Å²) in [6.07, 6.45) is -3.94. The maximum atomic E-state index is 11.7. The molecular weight excluding hydrogens is 249 g/mol. The molecule has 1 aromatic rings. The van der Waals surface area contributed by atoms with Crippen LogP contribution in [-0.2, 0) is 4.74 Å².